The highest BCUT2D eigenvalue weighted by Crippen LogP contribution is 2.29. The van der Waals surface area contributed by atoms with E-state index in [0.29, 0.717) is 22.9 Å². The van der Waals surface area contributed by atoms with E-state index in [-0.39, 0.29) is 11.9 Å². The van der Waals surface area contributed by atoms with Crippen LogP contribution < -0.4 is 5.32 Å². The van der Waals surface area contributed by atoms with Crippen LogP contribution in [0.1, 0.15) is 17.3 Å². The molecule has 0 saturated carbocycles. The number of nitrogens with zero attached hydrogens (tertiary/aromatic N) is 1. The molecule has 0 bridgehead atoms. The summed E-state index contributed by atoms with van der Waals surface area (Å²) < 4.78 is 5.09. The van der Waals surface area contributed by atoms with E-state index in [0.717, 1.165) is 16.5 Å². The highest BCUT2D eigenvalue weighted by Gasteiger charge is 2.16. The molecule has 0 unspecified atom stereocenters. The van der Waals surface area contributed by atoms with Crippen LogP contribution in [0, 0.1) is 0 Å². The van der Waals surface area contributed by atoms with Crippen molar-refractivity contribution in [2.24, 2.45) is 0 Å². The molecule has 1 N–H and O–H groups in total. The van der Waals surface area contributed by atoms with E-state index >= 15 is 0 Å². The lowest BCUT2D eigenvalue weighted by atomic mass is 10.0. The number of aromatic nitrogens is 1. The number of carbonyl (C=O) groups is 1. The average molecular weight is 355 g/mol. The Kier molecular flexibility index (Phi) is 5.31. The van der Waals surface area contributed by atoms with E-state index in [1.54, 1.807) is 13.2 Å². The predicted molar refractivity (Wildman–Crippen MR) is 101 cm³/mol. The van der Waals surface area contributed by atoms with Crippen LogP contribution in [0.2, 0.25) is 5.02 Å². The molecular weight excluding hydrogens is 336 g/mol. The van der Waals surface area contributed by atoms with Crippen molar-refractivity contribution in [1.82, 2.24) is 10.3 Å². The third kappa shape index (κ3) is 3.81. The molecule has 0 saturated heterocycles. The molecule has 0 spiro atoms. The Bertz CT molecular complexity index is 911. The number of benzene rings is 2. The van der Waals surface area contributed by atoms with Crippen molar-refractivity contribution >= 4 is 28.4 Å². The molecule has 1 aromatic heterocycles. The first kappa shape index (κ1) is 17.4. The van der Waals surface area contributed by atoms with Crippen molar-refractivity contribution < 1.29 is 9.53 Å². The first-order chi connectivity index (χ1) is 12.1. The monoisotopic (exact) mass is 354 g/mol. The molecule has 4 nitrogen and oxygen atoms in total. The SMILES string of the molecule is COC[C@@H](C)NC(=O)c1cc(-c2ccccc2Cl)nc2ccccc12. The Balaban J connectivity index is 2.10. The number of para-hydroxylation sites is 1. The van der Waals surface area contributed by atoms with Gasteiger partial charge in [-0.3, -0.25) is 4.79 Å². The van der Waals surface area contributed by atoms with E-state index in [2.05, 4.69) is 10.3 Å². The third-order valence-corrected chi connectivity index (χ3v) is 4.23. The summed E-state index contributed by atoms with van der Waals surface area (Å²) in [5.74, 6) is -0.156. The van der Waals surface area contributed by atoms with Crippen molar-refractivity contribution in [3.05, 3.63) is 65.2 Å². The largest absolute Gasteiger partial charge is 0.383 e. The molecule has 0 aliphatic rings. The zero-order valence-corrected chi connectivity index (χ0v) is 14.9. The molecule has 3 aromatic rings. The number of fused-ring (bicyclic) bond motifs is 1. The van der Waals surface area contributed by atoms with Crippen LogP contribution >= 0.6 is 11.6 Å². The minimum absolute atomic E-state index is 0.0896. The number of rotatable bonds is 5. The molecule has 0 radical (unpaired) electrons. The zero-order chi connectivity index (χ0) is 17.8. The van der Waals surface area contributed by atoms with Gasteiger partial charge in [0.1, 0.15) is 0 Å². The number of halogens is 1. The number of ether oxygens (including phenoxy) is 1. The maximum atomic E-state index is 12.8. The van der Waals surface area contributed by atoms with Crippen LogP contribution in [-0.4, -0.2) is 30.6 Å². The van der Waals surface area contributed by atoms with E-state index in [1.165, 1.54) is 0 Å². The maximum Gasteiger partial charge on any atom is 0.252 e. The van der Waals surface area contributed by atoms with Gasteiger partial charge in [-0.2, -0.15) is 0 Å². The summed E-state index contributed by atoms with van der Waals surface area (Å²) in [6.45, 7) is 2.35. The summed E-state index contributed by atoms with van der Waals surface area (Å²) >= 11 is 6.31. The van der Waals surface area contributed by atoms with Gasteiger partial charge >= 0.3 is 0 Å². The fraction of sp³-hybridized carbons (Fsp3) is 0.200. The highest BCUT2D eigenvalue weighted by molar-refractivity contribution is 6.33. The Morgan fingerprint density at radius 1 is 1.20 bits per heavy atom. The van der Waals surface area contributed by atoms with E-state index in [1.807, 2.05) is 55.5 Å². The van der Waals surface area contributed by atoms with Crippen LogP contribution in [0.3, 0.4) is 0 Å². The van der Waals surface area contributed by atoms with Crippen molar-refractivity contribution in [2.75, 3.05) is 13.7 Å². The second kappa shape index (κ2) is 7.64. The Morgan fingerprint density at radius 2 is 1.92 bits per heavy atom. The standard InChI is InChI=1S/C20H19ClN2O2/c1-13(12-25-2)22-20(24)16-11-19(15-8-3-5-9-17(15)21)23-18-10-6-4-7-14(16)18/h3-11,13H,12H2,1-2H3,(H,22,24)/t13-/m1/s1. The quantitative estimate of drug-likeness (QED) is 0.742. The summed E-state index contributed by atoms with van der Waals surface area (Å²) in [6.07, 6.45) is 0. The number of hydrogen-bond donors (Lipinski definition) is 1. The lowest BCUT2D eigenvalue weighted by molar-refractivity contribution is 0.0907. The first-order valence-electron chi connectivity index (χ1n) is 8.04. The Hall–Kier alpha value is -2.43. The average Bonchev–Trinajstić information content (AvgIpc) is 2.61. The number of hydrogen-bond acceptors (Lipinski definition) is 3. The van der Waals surface area contributed by atoms with Crippen LogP contribution in [-0.2, 0) is 4.74 Å². The molecule has 2 aromatic carbocycles. The summed E-state index contributed by atoms with van der Waals surface area (Å²) in [4.78, 5) is 17.5. The molecular formula is C20H19ClN2O2. The number of amides is 1. The van der Waals surface area contributed by atoms with Crippen molar-refractivity contribution in [1.29, 1.82) is 0 Å². The Labute approximate surface area is 151 Å². The van der Waals surface area contributed by atoms with Crippen molar-refractivity contribution in [3.63, 3.8) is 0 Å². The van der Waals surface area contributed by atoms with Gasteiger partial charge in [0.2, 0.25) is 0 Å². The third-order valence-electron chi connectivity index (χ3n) is 3.90. The van der Waals surface area contributed by atoms with Crippen LogP contribution in [0.5, 0.6) is 0 Å². The molecule has 0 aliphatic carbocycles. The van der Waals surface area contributed by atoms with Gasteiger partial charge in [0.15, 0.2) is 0 Å². The van der Waals surface area contributed by atoms with E-state index in [9.17, 15) is 4.79 Å². The van der Waals surface area contributed by atoms with Crippen LogP contribution in [0.25, 0.3) is 22.2 Å². The normalized spacial score (nSPS) is 12.1. The maximum absolute atomic E-state index is 12.8. The molecule has 5 heteroatoms. The summed E-state index contributed by atoms with van der Waals surface area (Å²) in [6, 6.07) is 16.8. The smallest absolute Gasteiger partial charge is 0.252 e. The lowest BCUT2D eigenvalue weighted by Crippen LogP contribution is -2.35. The fourth-order valence-electron chi connectivity index (χ4n) is 2.76. The molecule has 25 heavy (non-hydrogen) atoms. The van der Waals surface area contributed by atoms with Gasteiger partial charge in [0, 0.05) is 29.1 Å². The van der Waals surface area contributed by atoms with E-state index in [4.69, 9.17) is 16.3 Å². The van der Waals surface area contributed by atoms with Gasteiger partial charge in [0.05, 0.1) is 23.4 Å². The molecule has 3 rings (SSSR count). The second-order valence-electron chi connectivity index (χ2n) is 5.88. The number of nitrogens with one attached hydrogen (secondary N) is 1. The second-order valence-corrected chi connectivity index (χ2v) is 6.29. The van der Waals surface area contributed by atoms with Gasteiger partial charge in [0.25, 0.3) is 5.91 Å². The van der Waals surface area contributed by atoms with Gasteiger partial charge in [-0.1, -0.05) is 48.0 Å². The summed E-state index contributed by atoms with van der Waals surface area (Å²) in [5, 5.41) is 4.37. The summed E-state index contributed by atoms with van der Waals surface area (Å²) in [5.41, 5.74) is 2.80. The number of pyridine rings is 1. The van der Waals surface area contributed by atoms with Crippen LogP contribution in [0.15, 0.2) is 54.6 Å². The highest BCUT2D eigenvalue weighted by atomic mass is 35.5. The molecule has 0 fully saturated rings. The molecule has 1 amide bonds. The topological polar surface area (TPSA) is 51.2 Å². The van der Waals surface area contributed by atoms with Gasteiger partial charge < -0.3 is 10.1 Å². The first-order valence-corrected chi connectivity index (χ1v) is 8.42. The van der Waals surface area contributed by atoms with Gasteiger partial charge in [-0.05, 0) is 25.1 Å². The molecule has 0 aliphatic heterocycles. The molecule has 1 atom stereocenters. The molecule has 1 heterocycles. The number of carbonyl (C=O) groups excluding carboxylic acids is 1. The number of methoxy groups -OCH3 is 1. The van der Waals surface area contributed by atoms with Gasteiger partial charge in [-0.15, -0.1) is 0 Å². The van der Waals surface area contributed by atoms with Crippen molar-refractivity contribution in [2.45, 2.75) is 13.0 Å². The van der Waals surface area contributed by atoms with Crippen molar-refractivity contribution in [3.8, 4) is 11.3 Å². The van der Waals surface area contributed by atoms with Crippen LogP contribution in [0.4, 0.5) is 0 Å². The minimum Gasteiger partial charge on any atom is -0.383 e. The zero-order valence-electron chi connectivity index (χ0n) is 14.1. The summed E-state index contributed by atoms with van der Waals surface area (Å²) in [7, 11) is 1.61. The lowest BCUT2D eigenvalue weighted by Gasteiger charge is -2.15. The van der Waals surface area contributed by atoms with Gasteiger partial charge in [-0.25, -0.2) is 4.98 Å². The molecule has 128 valence electrons. The van der Waals surface area contributed by atoms with E-state index < -0.39 is 0 Å². The Morgan fingerprint density at radius 3 is 2.68 bits per heavy atom. The minimum atomic E-state index is -0.156. The predicted octanol–water partition coefficient (Wildman–Crippen LogP) is 4.32. The fourth-order valence-corrected chi connectivity index (χ4v) is 3.00.